The SMILES string of the molecule is OCCCC1CCCN1CCc1cccnc1. The molecule has 3 nitrogen and oxygen atoms in total. The molecular formula is C14H22N2O. The first-order valence-electron chi connectivity index (χ1n) is 6.64. The van der Waals surface area contributed by atoms with Gasteiger partial charge in [-0.3, -0.25) is 4.98 Å². The van der Waals surface area contributed by atoms with Crippen LogP contribution in [-0.2, 0) is 6.42 Å². The predicted molar refractivity (Wildman–Crippen MR) is 68.9 cm³/mol. The summed E-state index contributed by atoms with van der Waals surface area (Å²) in [6.07, 6.45) is 9.56. The van der Waals surface area contributed by atoms with Gasteiger partial charge in [0.25, 0.3) is 0 Å². The lowest BCUT2D eigenvalue weighted by molar-refractivity contribution is 0.218. The van der Waals surface area contributed by atoms with E-state index < -0.39 is 0 Å². The maximum Gasteiger partial charge on any atom is 0.0431 e. The molecule has 0 bridgehead atoms. The van der Waals surface area contributed by atoms with Gasteiger partial charge in [0.2, 0.25) is 0 Å². The summed E-state index contributed by atoms with van der Waals surface area (Å²) in [6.45, 7) is 2.67. The van der Waals surface area contributed by atoms with Crippen LogP contribution in [0, 0.1) is 0 Å². The van der Waals surface area contributed by atoms with E-state index in [0.717, 1.165) is 25.8 Å². The largest absolute Gasteiger partial charge is 0.396 e. The van der Waals surface area contributed by atoms with E-state index in [1.54, 1.807) is 0 Å². The lowest BCUT2D eigenvalue weighted by atomic mass is 10.1. The van der Waals surface area contributed by atoms with E-state index in [1.165, 1.54) is 24.9 Å². The Labute approximate surface area is 103 Å². The van der Waals surface area contributed by atoms with Crippen LogP contribution >= 0.6 is 0 Å². The molecule has 1 atom stereocenters. The third-order valence-corrected chi connectivity index (χ3v) is 3.61. The maximum atomic E-state index is 8.89. The van der Waals surface area contributed by atoms with Gasteiger partial charge in [0.05, 0.1) is 0 Å². The van der Waals surface area contributed by atoms with E-state index in [0.29, 0.717) is 12.6 Å². The molecule has 1 saturated heterocycles. The Bertz CT molecular complexity index is 315. The molecule has 0 amide bonds. The minimum atomic E-state index is 0.326. The third-order valence-electron chi connectivity index (χ3n) is 3.61. The fourth-order valence-corrected chi connectivity index (χ4v) is 2.66. The molecule has 0 saturated carbocycles. The lowest BCUT2D eigenvalue weighted by Crippen LogP contribution is -2.31. The van der Waals surface area contributed by atoms with Crippen molar-refractivity contribution in [1.82, 2.24) is 9.88 Å². The highest BCUT2D eigenvalue weighted by Gasteiger charge is 2.23. The van der Waals surface area contributed by atoms with Crippen LogP contribution in [0.5, 0.6) is 0 Å². The molecule has 1 unspecified atom stereocenters. The summed E-state index contributed by atoms with van der Waals surface area (Å²) in [4.78, 5) is 6.72. The van der Waals surface area contributed by atoms with E-state index in [-0.39, 0.29) is 0 Å². The number of aliphatic hydroxyl groups is 1. The van der Waals surface area contributed by atoms with Gasteiger partial charge < -0.3 is 10.0 Å². The van der Waals surface area contributed by atoms with Crippen molar-refractivity contribution in [3.8, 4) is 0 Å². The quantitative estimate of drug-likeness (QED) is 0.816. The van der Waals surface area contributed by atoms with Crippen LogP contribution in [0.15, 0.2) is 24.5 Å². The van der Waals surface area contributed by atoms with Crippen LogP contribution in [0.4, 0.5) is 0 Å². The molecule has 0 aromatic carbocycles. The monoisotopic (exact) mass is 234 g/mol. The lowest BCUT2D eigenvalue weighted by Gasteiger charge is -2.24. The molecule has 0 spiro atoms. The van der Waals surface area contributed by atoms with Crippen molar-refractivity contribution in [2.45, 2.75) is 38.1 Å². The molecule has 1 aliphatic rings. The summed E-state index contributed by atoms with van der Waals surface area (Å²) in [7, 11) is 0. The highest BCUT2D eigenvalue weighted by Crippen LogP contribution is 2.21. The van der Waals surface area contributed by atoms with Gasteiger partial charge in [0.1, 0.15) is 0 Å². The summed E-state index contributed by atoms with van der Waals surface area (Å²) < 4.78 is 0. The molecule has 2 rings (SSSR count). The van der Waals surface area contributed by atoms with Crippen molar-refractivity contribution in [3.05, 3.63) is 30.1 Å². The van der Waals surface area contributed by atoms with Gasteiger partial charge in [-0.2, -0.15) is 0 Å². The van der Waals surface area contributed by atoms with Crippen molar-refractivity contribution >= 4 is 0 Å². The van der Waals surface area contributed by atoms with Crippen molar-refractivity contribution in [2.24, 2.45) is 0 Å². The average Bonchev–Trinajstić information content (AvgIpc) is 2.82. The van der Waals surface area contributed by atoms with Gasteiger partial charge in [-0.1, -0.05) is 6.07 Å². The molecule has 3 heteroatoms. The first kappa shape index (κ1) is 12.5. The Hall–Kier alpha value is -0.930. The van der Waals surface area contributed by atoms with Crippen LogP contribution in [-0.4, -0.2) is 40.7 Å². The highest BCUT2D eigenvalue weighted by molar-refractivity contribution is 5.08. The zero-order chi connectivity index (χ0) is 11.9. The average molecular weight is 234 g/mol. The second-order valence-corrected chi connectivity index (χ2v) is 4.81. The Morgan fingerprint density at radius 2 is 2.41 bits per heavy atom. The highest BCUT2D eigenvalue weighted by atomic mass is 16.2. The number of likely N-dealkylation sites (tertiary alicyclic amines) is 1. The molecule has 1 N–H and O–H groups in total. The summed E-state index contributed by atoms with van der Waals surface area (Å²) in [6, 6.07) is 4.84. The number of pyridine rings is 1. The molecule has 17 heavy (non-hydrogen) atoms. The van der Waals surface area contributed by atoms with Crippen LogP contribution in [0.1, 0.15) is 31.2 Å². The molecule has 1 aromatic heterocycles. The van der Waals surface area contributed by atoms with Crippen LogP contribution < -0.4 is 0 Å². The zero-order valence-corrected chi connectivity index (χ0v) is 10.4. The van der Waals surface area contributed by atoms with Crippen molar-refractivity contribution in [1.29, 1.82) is 0 Å². The number of rotatable bonds is 6. The molecule has 1 aliphatic heterocycles. The normalized spacial score (nSPS) is 20.9. The first-order valence-corrected chi connectivity index (χ1v) is 6.64. The summed E-state index contributed by atoms with van der Waals surface area (Å²) in [5.74, 6) is 0. The van der Waals surface area contributed by atoms with Crippen LogP contribution in [0.25, 0.3) is 0 Å². The van der Waals surface area contributed by atoms with Gasteiger partial charge in [0.15, 0.2) is 0 Å². The fraction of sp³-hybridized carbons (Fsp3) is 0.643. The minimum absolute atomic E-state index is 0.326. The van der Waals surface area contributed by atoms with Crippen molar-refractivity contribution in [3.63, 3.8) is 0 Å². The molecular weight excluding hydrogens is 212 g/mol. The Kier molecular flexibility index (Phi) is 4.95. The van der Waals surface area contributed by atoms with Gasteiger partial charge in [0, 0.05) is 31.6 Å². The summed E-state index contributed by atoms with van der Waals surface area (Å²) in [5.41, 5.74) is 1.32. The fourth-order valence-electron chi connectivity index (χ4n) is 2.66. The first-order chi connectivity index (χ1) is 8.40. The Balaban J connectivity index is 1.78. The minimum Gasteiger partial charge on any atom is -0.396 e. The number of nitrogens with zero attached hydrogens (tertiary/aromatic N) is 2. The second-order valence-electron chi connectivity index (χ2n) is 4.81. The topological polar surface area (TPSA) is 36.4 Å². The van der Waals surface area contributed by atoms with Crippen molar-refractivity contribution < 1.29 is 5.11 Å². The van der Waals surface area contributed by atoms with E-state index in [2.05, 4.69) is 16.0 Å². The Morgan fingerprint density at radius 3 is 3.18 bits per heavy atom. The number of aromatic nitrogens is 1. The van der Waals surface area contributed by atoms with E-state index in [4.69, 9.17) is 5.11 Å². The van der Waals surface area contributed by atoms with Gasteiger partial charge in [-0.25, -0.2) is 0 Å². The summed E-state index contributed by atoms with van der Waals surface area (Å²) in [5, 5.41) is 8.89. The smallest absolute Gasteiger partial charge is 0.0431 e. The summed E-state index contributed by atoms with van der Waals surface area (Å²) >= 11 is 0. The predicted octanol–water partition coefficient (Wildman–Crippen LogP) is 1.86. The van der Waals surface area contributed by atoms with E-state index in [1.807, 2.05) is 18.5 Å². The van der Waals surface area contributed by atoms with Gasteiger partial charge in [-0.15, -0.1) is 0 Å². The maximum absolute atomic E-state index is 8.89. The number of aliphatic hydroxyl groups excluding tert-OH is 1. The Morgan fingerprint density at radius 1 is 1.47 bits per heavy atom. The third kappa shape index (κ3) is 3.79. The van der Waals surface area contributed by atoms with E-state index >= 15 is 0 Å². The van der Waals surface area contributed by atoms with E-state index in [9.17, 15) is 0 Å². The molecule has 94 valence electrons. The van der Waals surface area contributed by atoms with Crippen molar-refractivity contribution in [2.75, 3.05) is 19.7 Å². The molecule has 1 aromatic rings. The van der Waals surface area contributed by atoms with Crippen LogP contribution in [0.2, 0.25) is 0 Å². The standard InChI is InChI=1S/C14H22N2O/c17-11-3-6-14-5-2-9-16(14)10-7-13-4-1-8-15-12-13/h1,4,8,12,14,17H,2-3,5-7,9-11H2. The second kappa shape index (κ2) is 6.72. The molecule has 0 aliphatic carbocycles. The molecule has 0 radical (unpaired) electrons. The molecule has 1 fully saturated rings. The van der Waals surface area contributed by atoms with Gasteiger partial charge in [-0.05, 0) is 50.3 Å². The van der Waals surface area contributed by atoms with Gasteiger partial charge >= 0.3 is 0 Å². The van der Waals surface area contributed by atoms with Crippen LogP contribution in [0.3, 0.4) is 0 Å². The number of hydrogen-bond acceptors (Lipinski definition) is 3. The number of hydrogen-bond donors (Lipinski definition) is 1. The zero-order valence-electron chi connectivity index (χ0n) is 10.4. The molecule has 2 heterocycles.